The molecule has 0 saturated carbocycles. The van der Waals surface area contributed by atoms with Gasteiger partial charge >= 0.3 is 6.09 Å². The number of aromatic nitrogens is 1. The standard InChI is InChI=1S/C20H17N5O5S/c21-6-11-14(13-5-9-3-1-2-4-12(9)29-13)15-16(22)19(30-20(23)28)31-18(15)25-17(11)24-7-10(27)8-26/h1-5,10,26-27H,7-8,22H2,(H2,23,28)(H,24,25). The van der Waals surface area contributed by atoms with E-state index in [1.54, 1.807) is 12.1 Å². The number of amides is 1. The molecule has 1 amide bonds. The Bertz CT molecular complexity index is 1310. The number of hydrogen-bond donors (Lipinski definition) is 5. The van der Waals surface area contributed by atoms with Gasteiger partial charge in [0.2, 0.25) is 5.06 Å². The average Bonchev–Trinajstić information content (AvgIpc) is 3.31. The number of carbonyl (C=O) groups excluding carboxylic acids is 1. The number of nitriles is 1. The molecule has 4 aromatic rings. The molecule has 4 rings (SSSR count). The van der Waals surface area contributed by atoms with E-state index in [1.165, 1.54) is 0 Å². The molecule has 11 heteroatoms. The van der Waals surface area contributed by atoms with Gasteiger partial charge in [0.25, 0.3) is 0 Å². The molecule has 0 bridgehead atoms. The Balaban J connectivity index is 2.00. The number of anilines is 2. The minimum absolute atomic E-state index is 0.0452. The van der Waals surface area contributed by atoms with Crippen LogP contribution in [-0.2, 0) is 0 Å². The first-order chi connectivity index (χ1) is 14.9. The summed E-state index contributed by atoms with van der Waals surface area (Å²) in [7, 11) is 0. The molecule has 0 aliphatic heterocycles. The molecule has 0 spiro atoms. The third-order valence-electron chi connectivity index (χ3n) is 4.54. The molecule has 31 heavy (non-hydrogen) atoms. The number of nitrogens with zero attached hydrogens (tertiary/aromatic N) is 2. The maximum absolute atomic E-state index is 11.3. The van der Waals surface area contributed by atoms with Crippen molar-refractivity contribution in [2.24, 2.45) is 5.73 Å². The second-order valence-corrected chi connectivity index (χ2v) is 7.55. The second kappa shape index (κ2) is 8.11. The van der Waals surface area contributed by atoms with Gasteiger partial charge in [-0.3, -0.25) is 0 Å². The molecular formula is C20H17N5O5S. The van der Waals surface area contributed by atoms with Crippen molar-refractivity contribution in [3.63, 3.8) is 0 Å². The quantitative estimate of drug-likeness (QED) is 0.301. The number of rotatable bonds is 6. The van der Waals surface area contributed by atoms with Gasteiger partial charge in [-0.1, -0.05) is 29.5 Å². The van der Waals surface area contributed by atoms with Gasteiger partial charge in [0, 0.05) is 11.9 Å². The molecule has 7 N–H and O–H groups in total. The summed E-state index contributed by atoms with van der Waals surface area (Å²) in [5.74, 6) is 0.524. The fourth-order valence-electron chi connectivity index (χ4n) is 3.17. The maximum Gasteiger partial charge on any atom is 0.410 e. The number of fused-ring (bicyclic) bond motifs is 2. The Hall–Kier alpha value is -3.85. The molecule has 0 radical (unpaired) electrons. The summed E-state index contributed by atoms with van der Waals surface area (Å²) in [5, 5.41) is 32.8. The third-order valence-corrected chi connectivity index (χ3v) is 5.51. The lowest BCUT2D eigenvalue weighted by molar-refractivity contribution is 0.105. The third kappa shape index (κ3) is 3.71. The van der Waals surface area contributed by atoms with E-state index >= 15 is 0 Å². The summed E-state index contributed by atoms with van der Waals surface area (Å²) in [6, 6.07) is 11.2. The van der Waals surface area contributed by atoms with Gasteiger partial charge in [0.15, 0.2) is 0 Å². The van der Waals surface area contributed by atoms with Gasteiger partial charge in [-0.15, -0.1) is 0 Å². The van der Waals surface area contributed by atoms with Crippen LogP contribution in [0.2, 0.25) is 0 Å². The number of aliphatic hydroxyl groups excluding tert-OH is 2. The van der Waals surface area contributed by atoms with Crippen LogP contribution in [0.15, 0.2) is 34.7 Å². The van der Waals surface area contributed by atoms with Crippen LogP contribution >= 0.6 is 11.3 Å². The Labute approximate surface area is 179 Å². The van der Waals surface area contributed by atoms with Crippen LogP contribution in [0.3, 0.4) is 0 Å². The number of nitrogen functional groups attached to an aromatic ring is 1. The molecule has 0 saturated heterocycles. The lowest BCUT2D eigenvalue weighted by Crippen LogP contribution is -2.23. The largest absolute Gasteiger partial charge is 0.456 e. The summed E-state index contributed by atoms with van der Waals surface area (Å²) < 4.78 is 11.0. The van der Waals surface area contributed by atoms with Crippen molar-refractivity contribution in [1.29, 1.82) is 5.26 Å². The summed E-state index contributed by atoms with van der Waals surface area (Å²) >= 11 is 0.979. The van der Waals surface area contributed by atoms with Gasteiger partial charge in [0.1, 0.15) is 33.6 Å². The van der Waals surface area contributed by atoms with Crippen molar-refractivity contribution in [1.82, 2.24) is 4.98 Å². The van der Waals surface area contributed by atoms with Crippen LogP contribution in [-0.4, -0.2) is 40.5 Å². The zero-order chi connectivity index (χ0) is 22.1. The highest BCUT2D eigenvalue weighted by molar-refractivity contribution is 7.21. The predicted molar refractivity (Wildman–Crippen MR) is 116 cm³/mol. The second-order valence-electron chi connectivity index (χ2n) is 6.59. The van der Waals surface area contributed by atoms with Crippen LogP contribution in [0.1, 0.15) is 5.56 Å². The fourth-order valence-corrected chi connectivity index (χ4v) is 4.13. The van der Waals surface area contributed by atoms with E-state index in [1.807, 2.05) is 18.2 Å². The van der Waals surface area contributed by atoms with E-state index in [4.69, 9.17) is 25.7 Å². The Morgan fingerprint density at radius 3 is 2.87 bits per heavy atom. The van der Waals surface area contributed by atoms with Crippen LogP contribution in [0.5, 0.6) is 5.06 Å². The number of primary amides is 1. The maximum atomic E-state index is 11.3. The molecule has 0 aliphatic carbocycles. The topological polar surface area (TPSA) is 181 Å². The number of carbonyl (C=O) groups is 1. The van der Waals surface area contributed by atoms with E-state index in [-0.39, 0.29) is 28.7 Å². The number of nitrogens with one attached hydrogen (secondary N) is 1. The van der Waals surface area contributed by atoms with Crippen molar-refractivity contribution in [3.05, 3.63) is 35.9 Å². The van der Waals surface area contributed by atoms with E-state index in [0.717, 1.165) is 16.7 Å². The highest BCUT2D eigenvalue weighted by Crippen LogP contribution is 2.47. The van der Waals surface area contributed by atoms with Crippen molar-refractivity contribution >= 4 is 50.1 Å². The first-order valence-corrected chi connectivity index (χ1v) is 9.89. The van der Waals surface area contributed by atoms with Crippen molar-refractivity contribution in [3.8, 4) is 22.5 Å². The molecular weight excluding hydrogens is 422 g/mol. The smallest absolute Gasteiger partial charge is 0.410 e. The van der Waals surface area contributed by atoms with Gasteiger partial charge < -0.3 is 36.2 Å². The van der Waals surface area contributed by atoms with Crippen molar-refractivity contribution < 1.29 is 24.2 Å². The summed E-state index contributed by atoms with van der Waals surface area (Å²) in [5.41, 5.74) is 12.5. The van der Waals surface area contributed by atoms with Gasteiger partial charge in [-0.25, -0.2) is 9.78 Å². The summed E-state index contributed by atoms with van der Waals surface area (Å²) in [6.07, 6.45) is -2.09. The molecule has 0 fully saturated rings. The summed E-state index contributed by atoms with van der Waals surface area (Å²) in [4.78, 5) is 16.1. The average molecular weight is 439 g/mol. The molecule has 10 nitrogen and oxygen atoms in total. The first-order valence-electron chi connectivity index (χ1n) is 9.08. The van der Waals surface area contributed by atoms with E-state index in [9.17, 15) is 15.2 Å². The molecule has 1 atom stereocenters. The number of aliphatic hydroxyl groups is 2. The van der Waals surface area contributed by atoms with Crippen molar-refractivity contribution in [2.45, 2.75) is 6.10 Å². The number of benzene rings is 1. The van der Waals surface area contributed by atoms with Crippen LogP contribution < -0.4 is 21.5 Å². The number of thiophene rings is 1. The molecule has 158 valence electrons. The number of para-hydroxylation sites is 1. The first kappa shape index (κ1) is 20.4. The van der Waals surface area contributed by atoms with Crippen LogP contribution in [0, 0.1) is 11.3 Å². The Morgan fingerprint density at radius 2 is 2.19 bits per heavy atom. The number of hydrogen-bond acceptors (Lipinski definition) is 10. The van der Waals surface area contributed by atoms with Crippen molar-refractivity contribution in [2.75, 3.05) is 24.2 Å². The van der Waals surface area contributed by atoms with E-state index < -0.39 is 18.8 Å². The van der Waals surface area contributed by atoms with Gasteiger partial charge in [-0.05, 0) is 12.1 Å². The predicted octanol–water partition coefficient (Wildman–Crippen LogP) is 2.39. The van der Waals surface area contributed by atoms with Crippen LogP contribution in [0.4, 0.5) is 16.3 Å². The van der Waals surface area contributed by atoms with Gasteiger partial charge in [-0.2, -0.15) is 5.26 Å². The highest BCUT2D eigenvalue weighted by atomic mass is 32.1. The molecule has 0 aliphatic rings. The number of nitrogens with two attached hydrogens (primary N) is 2. The zero-order valence-corrected chi connectivity index (χ0v) is 16.8. The monoisotopic (exact) mass is 439 g/mol. The fraction of sp³-hybridized carbons (Fsp3) is 0.150. The molecule has 3 heterocycles. The lowest BCUT2D eigenvalue weighted by atomic mass is 10.0. The minimum Gasteiger partial charge on any atom is -0.456 e. The number of pyridine rings is 1. The Kier molecular flexibility index (Phi) is 5.35. The zero-order valence-electron chi connectivity index (χ0n) is 16.0. The highest BCUT2D eigenvalue weighted by Gasteiger charge is 2.26. The molecule has 1 aromatic carbocycles. The molecule has 1 unspecified atom stereocenters. The number of ether oxygens (including phenoxy) is 1. The number of furan rings is 1. The SMILES string of the molecule is N#Cc1c(NCC(O)CO)nc2sc(OC(N)=O)c(N)c2c1-c1cc2ccccc2o1. The normalized spacial score (nSPS) is 12.0. The molecule has 3 aromatic heterocycles. The van der Waals surface area contributed by atoms with Crippen LogP contribution in [0.25, 0.3) is 32.5 Å². The van der Waals surface area contributed by atoms with E-state index in [0.29, 0.717) is 27.1 Å². The summed E-state index contributed by atoms with van der Waals surface area (Å²) in [6.45, 7) is -0.509. The van der Waals surface area contributed by atoms with E-state index in [2.05, 4.69) is 16.4 Å². The Morgan fingerprint density at radius 1 is 1.42 bits per heavy atom. The minimum atomic E-state index is -1.05. The van der Waals surface area contributed by atoms with Gasteiger partial charge in [0.05, 0.1) is 29.3 Å². The lowest BCUT2D eigenvalue weighted by Gasteiger charge is -2.13.